The molecule has 0 aliphatic heterocycles. The second-order valence-electron chi connectivity index (χ2n) is 3.32. The van der Waals surface area contributed by atoms with E-state index in [1.165, 1.54) is 4.57 Å². The molecule has 0 spiro atoms. The van der Waals surface area contributed by atoms with E-state index in [2.05, 4.69) is 15.0 Å². The number of hydrogen-bond acceptors (Lipinski definition) is 4. The van der Waals surface area contributed by atoms with Crippen molar-refractivity contribution in [1.82, 2.24) is 19.5 Å². The first-order valence-electron chi connectivity index (χ1n) is 4.88. The fraction of sp³-hybridized carbons (Fsp3) is 0.444. The van der Waals surface area contributed by atoms with Crippen LogP contribution in [-0.4, -0.2) is 25.8 Å². The summed E-state index contributed by atoms with van der Waals surface area (Å²) in [6.45, 7) is 2.32. The summed E-state index contributed by atoms with van der Waals surface area (Å²) in [7, 11) is 0. The molecule has 0 aliphatic carbocycles. The van der Waals surface area contributed by atoms with Gasteiger partial charge in [0.25, 0.3) is 5.56 Å². The van der Waals surface area contributed by atoms with Crippen LogP contribution in [0, 0.1) is 0 Å². The number of H-pyrrole nitrogens is 2. The Morgan fingerprint density at radius 1 is 1.38 bits per heavy atom. The third-order valence-corrected chi connectivity index (χ3v) is 2.84. The first-order chi connectivity index (χ1) is 7.67. The van der Waals surface area contributed by atoms with Crippen LogP contribution in [-0.2, 0) is 12.3 Å². The second kappa shape index (κ2) is 4.17. The van der Waals surface area contributed by atoms with E-state index in [9.17, 15) is 9.59 Å². The highest BCUT2D eigenvalue weighted by atomic mass is 32.2. The molecule has 0 radical (unpaired) electrons. The maximum absolute atomic E-state index is 11.5. The first-order valence-corrected chi connectivity index (χ1v) is 6.27. The fourth-order valence-electron chi connectivity index (χ4n) is 1.59. The van der Waals surface area contributed by atoms with Crippen molar-refractivity contribution in [2.24, 2.45) is 0 Å². The number of nitrogens with zero attached hydrogens (tertiary/aromatic N) is 2. The topological polar surface area (TPSA) is 83.5 Å². The lowest BCUT2D eigenvalue weighted by atomic mass is 10.5. The van der Waals surface area contributed by atoms with E-state index in [0.29, 0.717) is 29.3 Å². The van der Waals surface area contributed by atoms with Gasteiger partial charge in [0.1, 0.15) is 11.3 Å². The highest BCUT2D eigenvalue weighted by molar-refractivity contribution is 7.97. The van der Waals surface area contributed by atoms with Gasteiger partial charge in [0.05, 0.1) is 5.75 Å². The molecule has 2 rings (SSSR count). The van der Waals surface area contributed by atoms with Crippen molar-refractivity contribution in [1.29, 1.82) is 0 Å². The van der Waals surface area contributed by atoms with E-state index in [1.807, 2.05) is 13.2 Å². The van der Waals surface area contributed by atoms with Crippen molar-refractivity contribution in [3.63, 3.8) is 0 Å². The van der Waals surface area contributed by atoms with Crippen LogP contribution in [0.5, 0.6) is 0 Å². The summed E-state index contributed by atoms with van der Waals surface area (Å²) in [5.41, 5.74) is -0.0300. The standard InChI is InChI=1S/C9H12N4O2S/c1-3-13-7-6(8(14)12-9(13)15)10-5(11-7)4-16-2/h3-4H2,1-2H3,(H,10,11)(H,12,14,15). The molecule has 0 amide bonds. The van der Waals surface area contributed by atoms with Crippen molar-refractivity contribution in [3.05, 3.63) is 26.7 Å². The largest absolute Gasteiger partial charge is 0.335 e. The van der Waals surface area contributed by atoms with Gasteiger partial charge in [-0.25, -0.2) is 9.78 Å². The van der Waals surface area contributed by atoms with Crippen molar-refractivity contribution >= 4 is 22.9 Å². The lowest BCUT2D eigenvalue weighted by Gasteiger charge is -1.99. The summed E-state index contributed by atoms with van der Waals surface area (Å²) < 4.78 is 1.44. The summed E-state index contributed by atoms with van der Waals surface area (Å²) in [5, 5.41) is 0. The predicted molar refractivity (Wildman–Crippen MR) is 63.9 cm³/mol. The third kappa shape index (κ3) is 1.67. The molecule has 2 aromatic rings. The van der Waals surface area contributed by atoms with Crippen LogP contribution in [0.2, 0.25) is 0 Å². The maximum Gasteiger partial charge on any atom is 0.330 e. The van der Waals surface area contributed by atoms with Gasteiger partial charge in [0.2, 0.25) is 0 Å². The summed E-state index contributed by atoms with van der Waals surface area (Å²) in [6.07, 6.45) is 1.95. The van der Waals surface area contributed by atoms with E-state index in [-0.39, 0.29) is 0 Å². The number of nitrogens with one attached hydrogen (secondary N) is 2. The zero-order valence-electron chi connectivity index (χ0n) is 9.03. The van der Waals surface area contributed by atoms with Crippen molar-refractivity contribution in [2.75, 3.05) is 6.26 Å². The Morgan fingerprint density at radius 3 is 2.75 bits per heavy atom. The normalized spacial score (nSPS) is 11.1. The van der Waals surface area contributed by atoms with Crippen LogP contribution in [0.4, 0.5) is 0 Å². The molecule has 0 saturated carbocycles. The van der Waals surface area contributed by atoms with E-state index >= 15 is 0 Å². The molecule has 7 heteroatoms. The van der Waals surface area contributed by atoms with Gasteiger partial charge in [-0.3, -0.25) is 14.3 Å². The number of hydrogen-bond donors (Lipinski definition) is 2. The number of rotatable bonds is 3. The Balaban J connectivity index is 2.79. The van der Waals surface area contributed by atoms with Gasteiger partial charge in [-0.1, -0.05) is 0 Å². The number of fused-ring (bicyclic) bond motifs is 1. The van der Waals surface area contributed by atoms with Crippen LogP contribution in [0.3, 0.4) is 0 Å². The molecule has 0 fully saturated rings. The maximum atomic E-state index is 11.5. The molecule has 2 aromatic heterocycles. The Morgan fingerprint density at radius 2 is 2.12 bits per heavy atom. The Kier molecular flexibility index (Phi) is 2.86. The molecule has 2 N–H and O–H groups in total. The number of aromatic amines is 2. The molecular formula is C9H12N4O2S. The van der Waals surface area contributed by atoms with Gasteiger partial charge in [-0.15, -0.1) is 0 Å². The number of aryl methyl sites for hydroxylation is 1. The average molecular weight is 240 g/mol. The summed E-state index contributed by atoms with van der Waals surface area (Å²) in [4.78, 5) is 32.5. The van der Waals surface area contributed by atoms with Crippen LogP contribution in [0.15, 0.2) is 9.59 Å². The van der Waals surface area contributed by atoms with Gasteiger partial charge in [-0.2, -0.15) is 11.8 Å². The van der Waals surface area contributed by atoms with Crippen LogP contribution in [0.1, 0.15) is 12.7 Å². The minimum Gasteiger partial charge on any atom is -0.335 e. The number of imidazole rings is 1. The molecule has 0 aliphatic rings. The molecular weight excluding hydrogens is 228 g/mol. The molecule has 0 atom stereocenters. The predicted octanol–water partition coefficient (Wildman–Crippen LogP) is 0.296. The van der Waals surface area contributed by atoms with E-state index in [4.69, 9.17) is 0 Å². The minimum atomic E-state index is -0.415. The minimum absolute atomic E-state index is 0.366. The molecule has 0 aromatic carbocycles. The van der Waals surface area contributed by atoms with Crippen molar-refractivity contribution < 1.29 is 0 Å². The zero-order valence-corrected chi connectivity index (χ0v) is 9.85. The molecule has 0 saturated heterocycles. The van der Waals surface area contributed by atoms with Gasteiger partial charge in [-0.05, 0) is 13.2 Å². The Hall–Kier alpha value is -1.50. The van der Waals surface area contributed by atoms with E-state index in [1.54, 1.807) is 11.8 Å². The summed E-state index contributed by atoms with van der Waals surface area (Å²) in [6, 6.07) is 0. The Bertz CT molecular complexity index is 624. The SMILES string of the molecule is CCn1c(=O)[nH]c(=O)c2[nH]c(CSC)nc21. The monoisotopic (exact) mass is 240 g/mol. The lowest BCUT2D eigenvalue weighted by molar-refractivity contribution is 0.719. The molecule has 86 valence electrons. The van der Waals surface area contributed by atoms with E-state index < -0.39 is 11.2 Å². The van der Waals surface area contributed by atoms with Crippen LogP contribution < -0.4 is 11.2 Å². The lowest BCUT2D eigenvalue weighted by Crippen LogP contribution is -2.29. The zero-order chi connectivity index (χ0) is 11.7. The van der Waals surface area contributed by atoms with Gasteiger partial charge >= 0.3 is 5.69 Å². The molecule has 0 unspecified atom stereocenters. The summed E-state index contributed by atoms with van der Waals surface area (Å²) >= 11 is 1.60. The summed E-state index contributed by atoms with van der Waals surface area (Å²) in [5.74, 6) is 1.40. The van der Waals surface area contributed by atoms with Gasteiger partial charge in [0.15, 0.2) is 5.65 Å². The van der Waals surface area contributed by atoms with Crippen LogP contribution >= 0.6 is 11.8 Å². The quantitative estimate of drug-likeness (QED) is 0.808. The fourth-order valence-corrected chi connectivity index (χ4v) is 2.00. The van der Waals surface area contributed by atoms with Crippen LogP contribution in [0.25, 0.3) is 11.2 Å². The van der Waals surface area contributed by atoms with Gasteiger partial charge < -0.3 is 4.98 Å². The average Bonchev–Trinajstić information content (AvgIpc) is 2.63. The molecule has 2 heterocycles. The Labute approximate surface area is 95.1 Å². The highest BCUT2D eigenvalue weighted by Crippen LogP contribution is 2.09. The number of thioether (sulfide) groups is 1. The number of aromatic nitrogens is 4. The molecule has 16 heavy (non-hydrogen) atoms. The van der Waals surface area contributed by atoms with E-state index in [0.717, 1.165) is 0 Å². The first kappa shape index (κ1) is 11.0. The smallest absolute Gasteiger partial charge is 0.330 e. The highest BCUT2D eigenvalue weighted by Gasteiger charge is 2.11. The van der Waals surface area contributed by atoms with Crippen molar-refractivity contribution in [2.45, 2.75) is 19.2 Å². The second-order valence-corrected chi connectivity index (χ2v) is 4.18. The van der Waals surface area contributed by atoms with Gasteiger partial charge in [0, 0.05) is 6.54 Å². The molecule has 0 bridgehead atoms. The molecule has 6 nitrogen and oxygen atoms in total. The van der Waals surface area contributed by atoms with Crippen molar-refractivity contribution in [3.8, 4) is 0 Å². The third-order valence-electron chi connectivity index (χ3n) is 2.28.